The molecule has 1 saturated heterocycles. The number of thiocarbonyl (C=S) groups is 1. The molecule has 7 nitrogen and oxygen atoms in total. The predicted molar refractivity (Wildman–Crippen MR) is 137 cm³/mol. The summed E-state index contributed by atoms with van der Waals surface area (Å²) < 4.78 is 5.80. The molecule has 0 bridgehead atoms. The Morgan fingerprint density at radius 1 is 1.12 bits per heavy atom. The van der Waals surface area contributed by atoms with E-state index in [1.54, 1.807) is 30.3 Å². The van der Waals surface area contributed by atoms with Crippen molar-refractivity contribution in [2.24, 2.45) is 0 Å². The third kappa shape index (κ3) is 5.75. The molecule has 1 heterocycles. The number of para-hydroxylation sites is 1. The summed E-state index contributed by atoms with van der Waals surface area (Å²) in [6, 6.07) is 16.1. The molecule has 1 aliphatic carbocycles. The molecule has 8 heteroatoms. The van der Waals surface area contributed by atoms with Crippen LogP contribution in [0.25, 0.3) is 0 Å². The molecule has 34 heavy (non-hydrogen) atoms. The standard InChI is InChI=1S/C26H30N4O3S/c1-2-16-27-26(34)30-22-11-7-6-10-21(22)29-25(32)23(30)17-24(31)28-18-12-14-20(15-13-18)33-19-8-4-3-5-9-19/h2-5,8-9,12-15,21-23H,1,6-7,10-11,16-17H2,(H,27,34)(H,28,31)(H,29,32)/t21-,22+,23+/m0/s1. The van der Waals surface area contributed by atoms with Crippen LogP contribution in [0.15, 0.2) is 67.3 Å². The van der Waals surface area contributed by atoms with Crippen molar-refractivity contribution in [2.75, 3.05) is 11.9 Å². The minimum atomic E-state index is -0.662. The van der Waals surface area contributed by atoms with Crippen molar-refractivity contribution in [3.8, 4) is 11.5 Å². The van der Waals surface area contributed by atoms with Crippen LogP contribution in [0.4, 0.5) is 5.69 Å². The van der Waals surface area contributed by atoms with E-state index in [0.717, 1.165) is 31.4 Å². The monoisotopic (exact) mass is 478 g/mol. The first-order valence-corrected chi connectivity index (χ1v) is 12.1. The van der Waals surface area contributed by atoms with Crippen molar-refractivity contribution in [3.05, 3.63) is 67.3 Å². The number of carbonyl (C=O) groups excluding carboxylic acids is 2. The molecule has 2 amide bonds. The van der Waals surface area contributed by atoms with Crippen molar-refractivity contribution in [1.82, 2.24) is 15.5 Å². The molecule has 1 saturated carbocycles. The highest BCUT2D eigenvalue weighted by molar-refractivity contribution is 7.80. The van der Waals surface area contributed by atoms with Gasteiger partial charge < -0.3 is 25.6 Å². The van der Waals surface area contributed by atoms with Crippen LogP contribution in [-0.2, 0) is 9.59 Å². The maximum atomic E-state index is 13.0. The first-order chi connectivity index (χ1) is 16.5. The average Bonchev–Trinajstić information content (AvgIpc) is 2.85. The Labute approximate surface area is 205 Å². The van der Waals surface area contributed by atoms with Crippen molar-refractivity contribution in [3.63, 3.8) is 0 Å². The zero-order chi connectivity index (χ0) is 23.9. The van der Waals surface area contributed by atoms with Crippen LogP contribution in [0.1, 0.15) is 32.1 Å². The second-order valence-corrected chi connectivity index (χ2v) is 8.94. The van der Waals surface area contributed by atoms with E-state index in [9.17, 15) is 9.59 Å². The summed E-state index contributed by atoms with van der Waals surface area (Å²) in [5.74, 6) is 1.00. The Balaban J connectivity index is 1.42. The molecule has 2 fully saturated rings. The summed E-state index contributed by atoms with van der Waals surface area (Å²) in [5, 5.41) is 9.66. The summed E-state index contributed by atoms with van der Waals surface area (Å²) in [5.41, 5.74) is 0.635. The molecule has 3 N–H and O–H groups in total. The largest absolute Gasteiger partial charge is 0.457 e. The van der Waals surface area contributed by atoms with E-state index in [1.807, 2.05) is 35.2 Å². The van der Waals surface area contributed by atoms with Crippen LogP contribution in [-0.4, -0.2) is 46.5 Å². The first kappa shape index (κ1) is 23.8. The van der Waals surface area contributed by atoms with Gasteiger partial charge in [-0.2, -0.15) is 0 Å². The van der Waals surface area contributed by atoms with E-state index in [2.05, 4.69) is 22.5 Å². The molecule has 0 unspecified atom stereocenters. The third-order valence-corrected chi connectivity index (χ3v) is 6.54. The maximum absolute atomic E-state index is 13.0. The number of benzene rings is 2. The van der Waals surface area contributed by atoms with Crippen LogP contribution in [0.3, 0.4) is 0 Å². The number of hydrogen-bond donors (Lipinski definition) is 3. The molecule has 1 aliphatic heterocycles. The Morgan fingerprint density at radius 3 is 2.56 bits per heavy atom. The number of ether oxygens (including phenoxy) is 1. The molecule has 4 rings (SSSR count). The minimum Gasteiger partial charge on any atom is -0.457 e. The van der Waals surface area contributed by atoms with Gasteiger partial charge in [-0.05, 0) is 61.5 Å². The van der Waals surface area contributed by atoms with E-state index in [4.69, 9.17) is 17.0 Å². The molecular formula is C26H30N4O3S. The molecule has 3 atom stereocenters. The number of amides is 2. The molecular weight excluding hydrogens is 448 g/mol. The molecule has 0 spiro atoms. The van der Waals surface area contributed by atoms with Gasteiger partial charge in [0.25, 0.3) is 0 Å². The van der Waals surface area contributed by atoms with Gasteiger partial charge in [-0.1, -0.05) is 37.1 Å². The topological polar surface area (TPSA) is 82.7 Å². The Hall–Kier alpha value is -3.39. The zero-order valence-electron chi connectivity index (χ0n) is 19.0. The fourth-order valence-corrected chi connectivity index (χ4v) is 4.95. The van der Waals surface area contributed by atoms with E-state index < -0.39 is 6.04 Å². The lowest BCUT2D eigenvalue weighted by Crippen LogP contribution is -2.69. The van der Waals surface area contributed by atoms with Crippen LogP contribution >= 0.6 is 12.2 Å². The summed E-state index contributed by atoms with van der Waals surface area (Å²) in [7, 11) is 0. The Kier molecular flexibility index (Phi) is 7.80. The van der Waals surface area contributed by atoms with Crippen LogP contribution < -0.4 is 20.7 Å². The fraction of sp³-hybridized carbons (Fsp3) is 0.346. The Bertz CT molecular complexity index is 1030. The summed E-state index contributed by atoms with van der Waals surface area (Å²) in [6.07, 6.45) is 5.75. The van der Waals surface area contributed by atoms with E-state index in [-0.39, 0.29) is 30.3 Å². The highest BCUT2D eigenvalue weighted by Crippen LogP contribution is 2.30. The zero-order valence-corrected chi connectivity index (χ0v) is 19.9. The Morgan fingerprint density at radius 2 is 1.82 bits per heavy atom. The highest BCUT2D eigenvalue weighted by atomic mass is 32.1. The SMILES string of the molecule is C=CCNC(=S)N1[C@H](CC(=O)Nc2ccc(Oc3ccccc3)cc2)C(=O)N[C@H]2CCCC[C@H]21. The van der Waals surface area contributed by atoms with Crippen LogP contribution in [0, 0.1) is 0 Å². The summed E-state index contributed by atoms with van der Waals surface area (Å²) in [6.45, 7) is 4.23. The van der Waals surface area contributed by atoms with E-state index >= 15 is 0 Å². The molecule has 0 radical (unpaired) electrons. The number of piperazine rings is 1. The number of nitrogens with zero attached hydrogens (tertiary/aromatic N) is 1. The molecule has 2 aromatic rings. The number of nitrogens with one attached hydrogen (secondary N) is 3. The van der Waals surface area contributed by atoms with Gasteiger partial charge in [-0.3, -0.25) is 9.59 Å². The average molecular weight is 479 g/mol. The number of rotatable bonds is 7. The van der Waals surface area contributed by atoms with Gasteiger partial charge in [0.15, 0.2) is 5.11 Å². The third-order valence-electron chi connectivity index (χ3n) is 6.18. The summed E-state index contributed by atoms with van der Waals surface area (Å²) in [4.78, 5) is 27.8. The smallest absolute Gasteiger partial charge is 0.243 e. The lowest BCUT2D eigenvalue weighted by atomic mass is 9.85. The lowest BCUT2D eigenvalue weighted by Gasteiger charge is -2.49. The van der Waals surface area contributed by atoms with Gasteiger partial charge in [0.05, 0.1) is 12.5 Å². The minimum absolute atomic E-state index is 0.00717. The number of carbonyl (C=O) groups is 2. The van der Waals surface area contributed by atoms with Crippen molar-refractivity contribution in [1.29, 1.82) is 0 Å². The molecule has 0 aromatic heterocycles. The van der Waals surface area contributed by atoms with Gasteiger partial charge in [0.2, 0.25) is 11.8 Å². The van der Waals surface area contributed by atoms with Crippen molar-refractivity contribution >= 4 is 34.8 Å². The quantitative estimate of drug-likeness (QED) is 0.413. The normalized spacial score (nSPS) is 21.6. The summed E-state index contributed by atoms with van der Waals surface area (Å²) >= 11 is 5.63. The highest BCUT2D eigenvalue weighted by Gasteiger charge is 2.44. The number of fused-ring (bicyclic) bond motifs is 1. The van der Waals surface area contributed by atoms with E-state index in [1.165, 1.54) is 0 Å². The van der Waals surface area contributed by atoms with Gasteiger partial charge in [-0.15, -0.1) is 6.58 Å². The van der Waals surface area contributed by atoms with Gasteiger partial charge in [0, 0.05) is 18.3 Å². The lowest BCUT2D eigenvalue weighted by molar-refractivity contribution is -0.134. The van der Waals surface area contributed by atoms with Crippen molar-refractivity contribution < 1.29 is 14.3 Å². The molecule has 2 aliphatic rings. The maximum Gasteiger partial charge on any atom is 0.243 e. The fourth-order valence-electron chi connectivity index (χ4n) is 4.60. The second-order valence-electron chi connectivity index (χ2n) is 8.56. The van der Waals surface area contributed by atoms with Gasteiger partial charge in [0.1, 0.15) is 17.5 Å². The first-order valence-electron chi connectivity index (χ1n) is 11.7. The number of hydrogen-bond acceptors (Lipinski definition) is 4. The van der Waals surface area contributed by atoms with Crippen LogP contribution in [0.5, 0.6) is 11.5 Å². The predicted octanol–water partition coefficient (Wildman–Crippen LogP) is 3.98. The van der Waals surface area contributed by atoms with Crippen LogP contribution in [0.2, 0.25) is 0 Å². The van der Waals surface area contributed by atoms with Gasteiger partial charge in [-0.25, -0.2) is 0 Å². The molecule has 2 aromatic carbocycles. The van der Waals surface area contributed by atoms with Crippen molar-refractivity contribution in [2.45, 2.75) is 50.2 Å². The number of anilines is 1. The molecule has 178 valence electrons. The van der Waals surface area contributed by atoms with E-state index in [0.29, 0.717) is 23.1 Å². The second kappa shape index (κ2) is 11.2. The van der Waals surface area contributed by atoms with Gasteiger partial charge >= 0.3 is 0 Å².